The molecule has 14 aromatic rings. The average molecular weight is 1590 g/mol. The third kappa shape index (κ3) is 33.5. The van der Waals surface area contributed by atoms with E-state index in [1.807, 2.05) is 24.3 Å². The maximum Gasteiger partial charge on any atom is 0.120 e. The van der Waals surface area contributed by atoms with Crippen LogP contribution in [-0.2, 0) is 11.2 Å². The molecule has 0 saturated carbocycles. The van der Waals surface area contributed by atoms with E-state index in [2.05, 4.69) is 321 Å². The number of fused-ring (bicyclic) bond motifs is 7. The summed E-state index contributed by atoms with van der Waals surface area (Å²) in [5, 5.41) is 17.7. The molecule has 0 bridgehead atoms. The van der Waals surface area contributed by atoms with Gasteiger partial charge in [0.1, 0.15) is 46.9 Å². The lowest BCUT2D eigenvalue weighted by Crippen LogP contribution is -2.03. The highest BCUT2D eigenvalue weighted by molar-refractivity contribution is 5.89. The average Bonchev–Trinajstić information content (AvgIpc) is 0.855. The van der Waals surface area contributed by atoms with Crippen LogP contribution in [0.1, 0.15) is 197 Å². The first-order valence-corrected chi connectivity index (χ1v) is 44.0. The minimum absolute atomic E-state index is 0.569. The van der Waals surface area contributed by atoms with Crippen LogP contribution in [0.2, 0.25) is 0 Å². The van der Waals surface area contributed by atoms with Crippen LogP contribution in [0.3, 0.4) is 0 Å². The van der Waals surface area contributed by atoms with Crippen LogP contribution in [0.25, 0.3) is 75.4 Å². The molecule has 0 spiro atoms. The van der Waals surface area contributed by atoms with Gasteiger partial charge in [0.15, 0.2) is 0 Å². The van der Waals surface area contributed by atoms with Crippen molar-refractivity contribution >= 4 is 75.4 Å². The Morgan fingerprint density at radius 1 is 0.169 bits per heavy atom. The molecule has 0 aliphatic carbocycles. The summed E-state index contributed by atoms with van der Waals surface area (Å²) in [6.07, 6.45) is 21.8. The number of methoxy groups -OCH3 is 1. The fourth-order valence-corrected chi connectivity index (χ4v) is 13.6. The molecule has 0 saturated heterocycles. The van der Waals surface area contributed by atoms with E-state index in [1.54, 1.807) is 7.11 Å². The quantitative estimate of drug-likeness (QED) is 0.0369. The van der Waals surface area contributed by atoms with Crippen molar-refractivity contribution in [2.75, 3.05) is 60.0 Å². The predicted octanol–water partition coefficient (Wildman–Crippen LogP) is 31.3. The summed E-state index contributed by atoms with van der Waals surface area (Å²) in [6, 6.07) is 89.7. The number of hydrogen-bond donors (Lipinski definition) is 0. The molecule has 624 valence electrons. The molecule has 0 fully saturated rings. The first kappa shape index (κ1) is 93.0. The third-order valence-electron chi connectivity index (χ3n) is 20.3. The molecule has 8 nitrogen and oxygen atoms in total. The normalized spacial score (nSPS) is 10.7. The molecule has 14 rings (SSSR count). The van der Waals surface area contributed by atoms with Crippen molar-refractivity contribution in [3.8, 4) is 40.2 Å². The van der Waals surface area contributed by atoms with Crippen molar-refractivity contribution in [2.45, 2.75) is 206 Å². The molecular formula is C110H136O8. The van der Waals surface area contributed by atoms with Crippen LogP contribution in [-0.4, -0.2) is 60.0 Å². The highest BCUT2D eigenvalue weighted by Crippen LogP contribution is 2.30. The Balaban J connectivity index is 0.000000172. The Morgan fingerprint density at radius 2 is 0.381 bits per heavy atom. The van der Waals surface area contributed by atoms with Gasteiger partial charge in [0, 0.05) is 7.11 Å². The molecule has 0 aromatic heterocycles. The molecular weight excluding hydrogens is 1450 g/mol. The molecule has 0 aliphatic rings. The summed E-state index contributed by atoms with van der Waals surface area (Å²) in [5.74, 6) is 6.69. The highest BCUT2D eigenvalue weighted by atomic mass is 16.5. The van der Waals surface area contributed by atoms with Crippen molar-refractivity contribution in [3.63, 3.8) is 0 Å². The summed E-state index contributed by atoms with van der Waals surface area (Å²) in [6.45, 7) is 34.0. The van der Waals surface area contributed by atoms with Gasteiger partial charge in [0.2, 0.25) is 0 Å². The van der Waals surface area contributed by atoms with Crippen LogP contribution >= 0.6 is 0 Å². The molecule has 0 atom stereocenters. The van der Waals surface area contributed by atoms with E-state index in [1.165, 1.54) is 181 Å². The largest absolute Gasteiger partial charge is 0.494 e. The lowest BCUT2D eigenvalue weighted by molar-refractivity contribution is 0.146. The fourth-order valence-electron chi connectivity index (χ4n) is 13.6. The first-order chi connectivity index (χ1) is 57.6. The maximum atomic E-state index is 5.82. The number of aryl methyl sites for hydroxylation is 7. The van der Waals surface area contributed by atoms with E-state index in [0.29, 0.717) is 13.2 Å². The molecule has 0 amide bonds. The summed E-state index contributed by atoms with van der Waals surface area (Å²) in [7, 11) is 1.67. The highest BCUT2D eigenvalue weighted by Gasteiger charge is 2.07. The summed E-state index contributed by atoms with van der Waals surface area (Å²) in [5.41, 5.74) is 9.28. The van der Waals surface area contributed by atoms with Crippen molar-refractivity contribution in [3.05, 3.63) is 294 Å². The number of rotatable bonds is 34. The van der Waals surface area contributed by atoms with E-state index in [-0.39, 0.29) is 0 Å². The molecule has 0 N–H and O–H groups in total. The lowest BCUT2D eigenvalue weighted by Gasteiger charge is -2.08. The number of benzene rings is 14. The Morgan fingerprint density at radius 3 is 0.653 bits per heavy atom. The number of unbranched alkanes of at least 4 members (excludes halogenated alkanes) is 10. The predicted molar refractivity (Wildman–Crippen MR) is 508 cm³/mol. The molecule has 0 heterocycles. The van der Waals surface area contributed by atoms with E-state index < -0.39 is 0 Å². The Labute approximate surface area is 708 Å². The van der Waals surface area contributed by atoms with Crippen molar-refractivity contribution in [2.24, 2.45) is 0 Å². The van der Waals surface area contributed by atoms with Crippen LogP contribution in [0.5, 0.6) is 40.2 Å². The summed E-state index contributed by atoms with van der Waals surface area (Å²) in [4.78, 5) is 0. The summed E-state index contributed by atoms with van der Waals surface area (Å²) >= 11 is 0. The van der Waals surface area contributed by atoms with E-state index in [4.69, 9.17) is 37.9 Å². The zero-order valence-corrected chi connectivity index (χ0v) is 73.9. The second-order valence-corrected chi connectivity index (χ2v) is 31.1. The number of hydrogen-bond acceptors (Lipinski definition) is 8. The zero-order chi connectivity index (χ0) is 83.9. The maximum absolute atomic E-state index is 5.82. The monoisotopic (exact) mass is 1590 g/mol. The first-order valence-electron chi connectivity index (χ1n) is 44.0. The standard InChI is InChI=1S/C18H24O.C17H22O.C16H20O3.C16H20O.C15H18O.C14H16O.C14H16/c1-3-4-5-6-7-12-19-18-11-10-16-13-15(2)8-9-17(16)14-18;1-3-4-5-6-11-18-17-10-9-15-12-14(2)7-8-16(15)13-17;1-3-8-18-15-6-4-14-12-16(19-10-9-17-2)7-5-13(14)11-15;1-3-4-5-10-17-16-9-8-14-11-13(2)6-7-15(14)12-16;1-3-4-9-16-15-8-7-13-10-12(2)5-6-14(13)11-15;1-3-8-15-14-7-6-12-9-11(2)4-5-13(12)10-14;1-3-4-12-6-8-13-9-11(2)5-7-14(13)10-12/h8-11,13-14H,3-7,12H2,1-2H3;7-10,12-13H,3-6,11H2,1-2H3;4-7,11-12H,3,8-10H2,1-2H3;6-9,11-12H,3-5,10H2,1-2H3;5-8,10-11H,3-4,9H2,1-2H3;4-7,9-10H,3,8H2,1-2H3;5-10H,3-4H2,1-2H3. The SMILES string of the molecule is CCCCCCCOc1ccc2cc(C)ccc2c1.CCCCCCOc1ccc2cc(C)ccc2c1.CCCCCOc1ccc2cc(C)ccc2c1.CCCCOc1ccc2cc(C)ccc2c1.CCCOc1ccc2cc(C)ccc2c1.CCCOc1ccc2cc(OCCOC)ccc2c1.CCCc1ccc2cc(C)ccc2c1. The molecule has 8 heteroatoms. The Kier molecular flexibility index (Phi) is 41.8. The topological polar surface area (TPSA) is 73.8 Å². The van der Waals surface area contributed by atoms with Gasteiger partial charge in [0.05, 0.1) is 46.2 Å². The van der Waals surface area contributed by atoms with Gasteiger partial charge in [-0.1, -0.05) is 322 Å². The number of ether oxygens (including phenoxy) is 8. The molecule has 0 aliphatic heterocycles. The van der Waals surface area contributed by atoms with Crippen molar-refractivity contribution in [1.29, 1.82) is 0 Å². The second kappa shape index (κ2) is 53.0. The van der Waals surface area contributed by atoms with Gasteiger partial charge in [-0.05, 0) is 252 Å². The minimum atomic E-state index is 0.569. The lowest BCUT2D eigenvalue weighted by atomic mass is 10.0. The minimum Gasteiger partial charge on any atom is -0.494 e. The van der Waals surface area contributed by atoms with Crippen molar-refractivity contribution in [1.82, 2.24) is 0 Å². The van der Waals surface area contributed by atoms with Gasteiger partial charge in [-0.2, -0.15) is 0 Å². The van der Waals surface area contributed by atoms with Gasteiger partial charge in [-0.15, -0.1) is 0 Å². The summed E-state index contributed by atoms with van der Waals surface area (Å²) < 4.78 is 44.8. The van der Waals surface area contributed by atoms with E-state index in [9.17, 15) is 0 Å². The zero-order valence-electron chi connectivity index (χ0n) is 73.9. The molecule has 118 heavy (non-hydrogen) atoms. The van der Waals surface area contributed by atoms with E-state index >= 15 is 0 Å². The third-order valence-corrected chi connectivity index (χ3v) is 20.3. The van der Waals surface area contributed by atoms with Gasteiger partial charge in [-0.3, -0.25) is 0 Å². The van der Waals surface area contributed by atoms with Crippen molar-refractivity contribution < 1.29 is 37.9 Å². The van der Waals surface area contributed by atoms with Crippen LogP contribution < -0.4 is 33.2 Å². The van der Waals surface area contributed by atoms with E-state index in [0.717, 1.165) is 129 Å². The van der Waals surface area contributed by atoms with Crippen LogP contribution in [0.4, 0.5) is 0 Å². The fraction of sp³-hybridized carbons (Fsp3) is 0.364. The molecule has 0 radical (unpaired) electrons. The smallest absolute Gasteiger partial charge is 0.120 e. The van der Waals surface area contributed by atoms with Gasteiger partial charge in [0.25, 0.3) is 0 Å². The second-order valence-electron chi connectivity index (χ2n) is 31.1. The van der Waals surface area contributed by atoms with Gasteiger partial charge in [-0.25, -0.2) is 0 Å². The molecule has 0 unspecified atom stereocenters. The van der Waals surface area contributed by atoms with Crippen LogP contribution in [0.15, 0.2) is 255 Å². The van der Waals surface area contributed by atoms with Gasteiger partial charge >= 0.3 is 0 Å². The Bertz CT molecular complexity index is 5230. The van der Waals surface area contributed by atoms with Gasteiger partial charge < -0.3 is 37.9 Å². The van der Waals surface area contributed by atoms with Crippen LogP contribution in [0, 0.1) is 41.5 Å². The molecule has 14 aromatic carbocycles. The Hall–Kier alpha value is -10.5.